The van der Waals surface area contributed by atoms with Gasteiger partial charge in [-0.15, -0.1) is 10.2 Å². The largest absolute Gasteiger partial charge is 0.497 e. The number of fused-ring (bicyclic) bond motifs is 2. The standard InChI is InChI=1S/C17H16N6O/c1-11-3-6-16-20-21-17(23(16)22-11)10-19-14-7-8-18-15-9-12(24-2)4-5-13(14)15/h3-9H,10H2,1-2H3,(H,18,19). The van der Waals surface area contributed by atoms with E-state index in [-0.39, 0.29) is 0 Å². The van der Waals surface area contributed by atoms with Gasteiger partial charge in [0.15, 0.2) is 11.5 Å². The lowest BCUT2D eigenvalue weighted by Crippen LogP contribution is -2.07. The molecule has 0 radical (unpaired) electrons. The van der Waals surface area contributed by atoms with Crippen LogP contribution in [0.5, 0.6) is 5.75 Å². The zero-order chi connectivity index (χ0) is 16.5. The second-order valence-electron chi connectivity index (χ2n) is 5.46. The Morgan fingerprint density at radius 1 is 1.12 bits per heavy atom. The van der Waals surface area contributed by atoms with Crippen LogP contribution in [0.4, 0.5) is 5.69 Å². The van der Waals surface area contributed by atoms with Crippen molar-refractivity contribution >= 4 is 22.2 Å². The van der Waals surface area contributed by atoms with E-state index in [1.165, 1.54) is 0 Å². The molecule has 1 N–H and O–H groups in total. The first-order chi connectivity index (χ1) is 11.7. The molecule has 0 saturated carbocycles. The molecule has 0 saturated heterocycles. The molecule has 0 bridgehead atoms. The third-order valence-corrected chi connectivity index (χ3v) is 3.85. The van der Waals surface area contributed by atoms with Crippen LogP contribution in [0.1, 0.15) is 11.5 Å². The zero-order valence-corrected chi connectivity index (χ0v) is 13.4. The Kier molecular flexibility index (Phi) is 3.45. The van der Waals surface area contributed by atoms with E-state index in [1.807, 2.05) is 43.3 Å². The molecular formula is C17H16N6O. The molecule has 0 amide bonds. The van der Waals surface area contributed by atoms with Gasteiger partial charge >= 0.3 is 0 Å². The van der Waals surface area contributed by atoms with Gasteiger partial charge in [-0.3, -0.25) is 4.98 Å². The van der Waals surface area contributed by atoms with Crippen molar-refractivity contribution in [2.45, 2.75) is 13.5 Å². The molecular weight excluding hydrogens is 304 g/mol. The molecule has 24 heavy (non-hydrogen) atoms. The van der Waals surface area contributed by atoms with Crippen molar-refractivity contribution in [1.82, 2.24) is 24.8 Å². The Morgan fingerprint density at radius 3 is 2.92 bits per heavy atom. The first-order valence-corrected chi connectivity index (χ1v) is 7.59. The van der Waals surface area contributed by atoms with Crippen molar-refractivity contribution in [3.05, 3.63) is 54.1 Å². The number of nitrogens with zero attached hydrogens (tertiary/aromatic N) is 5. The molecule has 0 aliphatic carbocycles. The summed E-state index contributed by atoms with van der Waals surface area (Å²) in [7, 11) is 1.65. The van der Waals surface area contributed by atoms with E-state index in [0.29, 0.717) is 6.54 Å². The fraction of sp³-hybridized carbons (Fsp3) is 0.176. The number of rotatable bonds is 4. The van der Waals surface area contributed by atoms with Gasteiger partial charge in [0.2, 0.25) is 0 Å². The van der Waals surface area contributed by atoms with Crippen molar-refractivity contribution in [1.29, 1.82) is 0 Å². The van der Waals surface area contributed by atoms with E-state index >= 15 is 0 Å². The SMILES string of the molecule is COc1ccc2c(NCc3nnc4ccc(C)nn34)ccnc2c1. The number of anilines is 1. The minimum Gasteiger partial charge on any atom is -0.497 e. The van der Waals surface area contributed by atoms with E-state index in [2.05, 4.69) is 25.6 Å². The summed E-state index contributed by atoms with van der Waals surface area (Å²) in [5.74, 6) is 1.54. The Balaban J connectivity index is 1.65. The van der Waals surface area contributed by atoms with E-state index in [0.717, 1.165) is 39.5 Å². The van der Waals surface area contributed by atoms with Gasteiger partial charge in [0.05, 0.1) is 24.9 Å². The summed E-state index contributed by atoms with van der Waals surface area (Å²) < 4.78 is 7.01. The summed E-state index contributed by atoms with van der Waals surface area (Å²) in [5, 5.41) is 17.2. The lowest BCUT2D eigenvalue weighted by molar-refractivity contribution is 0.415. The highest BCUT2D eigenvalue weighted by atomic mass is 16.5. The molecule has 120 valence electrons. The highest BCUT2D eigenvalue weighted by Crippen LogP contribution is 2.25. The maximum absolute atomic E-state index is 5.25. The van der Waals surface area contributed by atoms with Crippen molar-refractivity contribution in [3.63, 3.8) is 0 Å². The number of pyridine rings is 1. The number of aromatic nitrogens is 5. The highest BCUT2D eigenvalue weighted by Gasteiger charge is 2.08. The summed E-state index contributed by atoms with van der Waals surface area (Å²) in [5.41, 5.74) is 3.51. The molecule has 0 spiro atoms. The molecule has 3 heterocycles. The molecule has 0 atom stereocenters. The Morgan fingerprint density at radius 2 is 2.04 bits per heavy atom. The Bertz CT molecular complexity index is 1030. The van der Waals surface area contributed by atoms with Crippen LogP contribution in [0.15, 0.2) is 42.6 Å². The van der Waals surface area contributed by atoms with Crippen molar-refractivity contribution in [2.75, 3.05) is 12.4 Å². The minimum absolute atomic E-state index is 0.517. The molecule has 1 aromatic carbocycles. The number of benzene rings is 1. The fourth-order valence-electron chi connectivity index (χ4n) is 2.62. The highest BCUT2D eigenvalue weighted by molar-refractivity contribution is 5.91. The van der Waals surface area contributed by atoms with Crippen molar-refractivity contribution < 1.29 is 4.74 Å². The van der Waals surface area contributed by atoms with Gasteiger partial charge < -0.3 is 10.1 Å². The predicted octanol–water partition coefficient (Wildman–Crippen LogP) is 2.60. The molecule has 7 heteroatoms. The monoisotopic (exact) mass is 320 g/mol. The predicted molar refractivity (Wildman–Crippen MR) is 91.1 cm³/mol. The average molecular weight is 320 g/mol. The summed E-state index contributed by atoms with van der Waals surface area (Å²) in [6.07, 6.45) is 1.77. The molecule has 0 fully saturated rings. The Hall–Kier alpha value is -3.22. The van der Waals surface area contributed by atoms with E-state index in [9.17, 15) is 0 Å². The second-order valence-corrected chi connectivity index (χ2v) is 5.46. The van der Waals surface area contributed by atoms with Crippen molar-refractivity contribution in [3.8, 4) is 5.75 Å². The molecule has 4 rings (SSSR count). The number of hydrogen-bond donors (Lipinski definition) is 1. The minimum atomic E-state index is 0.517. The van der Waals surface area contributed by atoms with Crippen LogP contribution in [0.3, 0.4) is 0 Å². The molecule has 4 aromatic rings. The Labute approximate surface area is 138 Å². The number of ether oxygens (including phenoxy) is 1. The quantitative estimate of drug-likeness (QED) is 0.623. The molecule has 3 aromatic heterocycles. The average Bonchev–Trinajstić information content (AvgIpc) is 3.01. The second kappa shape index (κ2) is 5.77. The maximum atomic E-state index is 5.25. The van der Waals surface area contributed by atoms with Crippen LogP contribution >= 0.6 is 0 Å². The summed E-state index contributed by atoms with van der Waals surface area (Å²) >= 11 is 0. The first-order valence-electron chi connectivity index (χ1n) is 7.59. The molecule has 7 nitrogen and oxygen atoms in total. The summed E-state index contributed by atoms with van der Waals surface area (Å²) in [6.45, 7) is 2.46. The number of methoxy groups -OCH3 is 1. The van der Waals surface area contributed by atoms with Gasteiger partial charge in [-0.05, 0) is 37.3 Å². The summed E-state index contributed by atoms with van der Waals surface area (Å²) in [4.78, 5) is 4.39. The first kappa shape index (κ1) is 14.4. The zero-order valence-electron chi connectivity index (χ0n) is 13.4. The van der Waals surface area contributed by atoms with Gasteiger partial charge in [-0.1, -0.05) is 0 Å². The van der Waals surface area contributed by atoms with E-state index in [1.54, 1.807) is 17.8 Å². The van der Waals surface area contributed by atoms with Crippen LogP contribution in [0, 0.1) is 6.92 Å². The molecule has 0 aliphatic heterocycles. The lowest BCUT2D eigenvalue weighted by Gasteiger charge is -2.09. The van der Waals surface area contributed by atoms with Crippen LogP contribution in [0.2, 0.25) is 0 Å². The van der Waals surface area contributed by atoms with Gasteiger partial charge in [0, 0.05) is 23.3 Å². The van der Waals surface area contributed by atoms with E-state index in [4.69, 9.17) is 4.74 Å². The van der Waals surface area contributed by atoms with Gasteiger partial charge in [-0.2, -0.15) is 9.61 Å². The fourth-order valence-corrected chi connectivity index (χ4v) is 2.62. The van der Waals surface area contributed by atoms with E-state index < -0.39 is 0 Å². The van der Waals surface area contributed by atoms with Gasteiger partial charge in [0.25, 0.3) is 0 Å². The third kappa shape index (κ3) is 2.50. The maximum Gasteiger partial charge on any atom is 0.177 e. The van der Waals surface area contributed by atoms with Crippen molar-refractivity contribution in [2.24, 2.45) is 0 Å². The molecule has 0 unspecified atom stereocenters. The lowest BCUT2D eigenvalue weighted by atomic mass is 10.2. The third-order valence-electron chi connectivity index (χ3n) is 3.85. The van der Waals surface area contributed by atoms with Crippen LogP contribution in [-0.4, -0.2) is 31.9 Å². The summed E-state index contributed by atoms with van der Waals surface area (Å²) in [6, 6.07) is 11.6. The van der Waals surface area contributed by atoms with Gasteiger partial charge in [0.1, 0.15) is 5.75 Å². The number of nitrogens with one attached hydrogen (secondary N) is 1. The number of hydrogen-bond acceptors (Lipinski definition) is 6. The number of aryl methyl sites for hydroxylation is 1. The molecule has 0 aliphatic rings. The topological polar surface area (TPSA) is 77.2 Å². The van der Waals surface area contributed by atoms with Crippen LogP contribution < -0.4 is 10.1 Å². The van der Waals surface area contributed by atoms with Crippen LogP contribution in [-0.2, 0) is 6.54 Å². The smallest absolute Gasteiger partial charge is 0.177 e. The van der Waals surface area contributed by atoms with Crippen LogP contribution in [0.25, 0.3) is 16.6 Å². The normalized spacial score (nSPS) is 11.1. The van der Waals surface area contributed by atoms with Gasteiger partial charge in [-0.25, -0.2) is 0 Å².